The van der Waals surface area contributed by atoms with E-state index in [1.54, 1.807) is 0 Å². The number of nitrogens with one attached hydrogen (secondary N) is 1. The molecule has 2 unspecified atom stereocenters. The lowest BCUT2D eigenvalue weighted by Gasteiger charge is -2.18. The van der Waals surface area contributed by atoms with Gasteiger partial charge in [0.2, 0.25) is 0 Å². The number of hydrogen-bond acceptors (Lipinski definition) is 3. The van der Waals surface area contributed by atoms with E-state index in [1.165, 1.54) is 11.1 Å². The number of aliphatic hydroxyl groups excluding tert-OH is 1. The van der Waals surface area contributed by atoms with Crippen molar-refractivity contribution in [2.45, 2.75) is 32.4 Å². The zero-order valence-corrected chi connectivity index (χ0v) is 16.4. The molecule has 24 heavy (non-hydrogen) atoms. The summed E-state index contributed by atoms with van der Waals surface area (Å²) >= 11 is 3.38. The van der Waals surface area contributed by atoms with Gasteiger partial charge in [-0.15, -0.1) is 12.4 Å². The SMILES string of the molecule is CCc1ccc(C(C)NCC(O)COc2ccc(Br)cc2)cc1.Cl. The van der Waals surface area contributed by atoms with Gasteiger partial charge in [-0.25, -0.2) is 0 Å². The van der Waals surface area contributed by atoms with Crippen LogP contribution < -0.4 is 10.1 Å². The summed E-state index contributed by atoms with van der Waals surface area (Å²) in [6, 6.07) is 16.4. The molecular weight excluding hydrogens is 390 g/mol. The first-order valence-electron chi connectivity index (χ1n) is 7.97. The van der Waals surface area contributed by atoms with Crippen LogP contribution in [0, 0.1) is 0 Å². The summed E-state index contributed by atoms with van der Waals surface area (Å²) in [4.78, 5) is 0. The molecule has 2 atom stereocenters. The van der Waals surface area contributed by atoms with Gasteiger partial charge in [0.05, 0.1) is 0 Å². The second-order valence-electron chi connectivity index (χ2n) is 5.64. The molecule has 0 heterocycles. The number of aryl methyl sites for hydroxylation is 1. The van der Waals surface area contributed by atoms with Gasteiger partial charge in [0, 0.05) is 17.1 Å². The fourth-order valence-electron chi connectivity index (χ4n) is 2.25. The van der Waals surface area contributed by atoms with Gasteiger partial charge in [0.25, 0.3) is 0 Å². The molecule has 2 aromatic carbocycles. The van der Waals surface area contributed by atoms with Crippen LogP contribution in [0.25, 0.3) is 0 Å². The maximum absolute atomic E-state index is 10.0. The van der Waals surface area contributed by atoms with Crippen molar-refractivity contribution in [1.29, 1.82) is 0 Å². The normalized spacial score (nSPS) is 13.0. The van der Waals surface area contributed by atoms with E-state index in [-0.39, 0.29) is 25.1 Å². The summed E-state index contributed by atoms with van der Waals surface area (Å²) in [5.74, 6) is 0.760. The Kier molecular flexibility index (Phi) is 9.37. The Morgan fingerprint density at radius 3 is 2.29 bits per heavy atom. The fourth-order valence-corrected chi connectivity index (χ4v) is 2.52. The second-order valence-corrected chi connectivity index (χ2v) is 6.56. The molecule has 132 valence electrons. The number of rotatable bonds is 8. The van der Waals surface area contributed by atoms with Crippen molar-refractivity contribution >= 4 is 28.3 Å². The van der Waals surface area contributed by atoms with Gasteiger partial charge in [0.1, 0.15) is 18.5 Å². The van der Waals surface area contributed by atoms with Crippen molar-refractivity contribution in [2.24, 2.45) is 0 Å². The Morgan fingerprint density at radius 2 is 1.71 bits per heavy atom. The quantitative estimate of drug-likeness (QED) is 0.667. The molecule has 3 nitrogen and oxygen atoms in total. The van der Waals surface area contributed by atoms with Crippen LogP contribution in [0.2, 0.25) is 0 Å². The van der Waals surface area contributed by atoms with Gasteiger partial charge >= 0.3 is 0 Å². The minimum absolute atomic E-state index is 0. The molecule has 0 aliphatic heterocycles. The highest BCUT2D eigenvalue weighted by Crippen LogP contribution is 2.16. The average molecular weight is 415 g/mol. The smallest absolute Gasteiger partial charge is 0.119 e. The zero-order chi connectivity index (χ0) is 16.7. The van der Waals surface area contributed by atoms with Crippen LogP contribution in [0.4, 0.5) is 0 Å². The van der Waals surface area contributed by atoms with E-state index < -0.39 is 6.10 Å². The maximum Gasteiger partial charge on any atom is 0.119 e. The maximum atomic E-state index is 10.0. The van der Waals surface area contributed by atoms with E-state index >= 15 is 0 Å². The molecule has 0 fully saturated rings. The zero-order valence-electron chi connectivity index (χ0n) is 14.0. The summed E-state index contributed by atoms with van der Waals surface area (Å²) in [6.07, 6.45) is 0.504. The third-order valence-corrected chi connectivity index (χ3v) is 4.33. The van der Waals surface area contributed by atoms with E-state index in [9.17, 15) is 5.11 Å². The molecule has 5 heteroatoms. The lowest BCUT2D eigenvalue weighted by molar-refractivity contribution is 0.104. The first-order chi connectivity index (χ1) is 11.1. The molecule has 2 rings (SSSR count). The lowest BCUT2D eigenvalue weighted by atomic mass is 10.0. The summed E-state index contributed by atoms with van der Waals surface area (Å²) in [7, 11) is 0. The number of aliphatic hydroxyl groups is 1. The van der Waals surface area contributed by atoms with Crippen LogP contribution in [0.5, 0.6) is 5.75 Å². The highest BCUT2D eigenvalue weighted by molar-refractivity contribution is 9.10. The second kappa shape index (κ2) is 10.7. The molecule has 0 amide bonds. The van der Waals surface area contributed by atoms with Gasteiger partial charge < -0.3 is 15.2 Å². The van der Waals surface area contributed by atoms with Crippen LogP contribution in [0.15, 0.2) is 53.0 Å². The fraction of sp³-hybridized carbons (Fsp3) is 0.368. The standard InChI is InChI=1S/C19H24BrNO2.ClH/c1-3-15-4-6-16(7-5-15)14(2)21-12-18(22)13-23-19-10-8-17(20)9-11-19;/h4-11,14,18,21-22H,3,12-13H2,1-2H3;1H. The topological polar surface area (TPSA) is 41.5 Å². The molecular formula is C19H25BrClNO2. The Labute approximate surface area is 159 Å². The van der Waals surface area contributed by atoms with Gasteiger partial charge in [0.15, 0.2) is 0 Å². The van der Waals surface area contributed by atoms with Gasteiger partial charge in [-0.3, -0.25) is 0 Å². The van der Waals surface area contributed by atoms with Gasteiger partial charge in [-0.05, 0) is 48.7 Å². The summed E-state index contributed by atoms with van der Waals surface area (Å²) in [5.41, 5.74) is 2.56. The van der Waals surface area contributed by atoms with E-state index in [4.69, 9.17) is 4.74 Å². The Hall–Kier alpha value is -1.07. The molecule has 0 saturated heterocycles. The monoisotopic (exact) mass is 413 g/mol. The van der Waals surface area contributed by atoms with E-state index in [0.717, 1.165) is 16.6 Å². The van der Waals surface area contributed by atoms with Crippen molar-refractivity contribution in [2.75, 3.05) is 13.2 Å². The van der Waals surface area contributed by atoms with E-state index in [0.29, 0.717) is 6.54 Å². The summed E-state index contributed by atoms with van der Waals surface area (Å²) in [6.45, 7) is 5.02. The number of halogens is 2. The third kappa shape index (κ3) is 6.81. The van der Waals surface area contributed by atoms with Gasteiger partial charge in [-0.2, -0.15) is 0 Å². The van der Waals surface area contributed by atoms with Crippen molar-refractivity contribution in [3.63, 3.8) is 0 Å². The van der Waals surface area contributed by atoms with Crippen molar-refractivity contribution in [3.8, 4) is 5.75 Å². The Balaban J connectivity index is 0.00000288. The van der Waals surface area contributed by atoms with Crippen molar-refractivity contribution < 1.29 is 9.84 Å². The summed E-state index contributed by atoms with van der Waals surface area (Å²) < 4.78 is 6.59. The molecule has 0 bridgehead atoms. The van der Waals surface area contributed by atoms with Gasteiger partial charge in [-0.1, -0.05) is 47.1 Å². The summed E-state index contributed by atoms with van der Waals surface area (Å²) in [5, 5.41) is 13.4. The largest absolute Gasteiger partial charge is 0.491 e. The molecule has 0 saturated carbocycles. The van der Waals surface area contributed by atoms with Crippen LogP contribution in [0.3, 0.4) is 0 Å². The minimum Gasteiger partial charge on any atom is -0.491 e. The number of hydrogen-bond donors (Lipinski definition) is 2. The van der Waals surface area contributed by atoms with Crippen LogP contribution in [0.1, 0.15) is 31.0 Å². The molecule has 0 aliphatic rings. The van der Waals surface area contributed by atoms with Crippen LogP contribution in [-0.4, -0.2) is 24.4 Å². The van der Waals surface area contributed by atoms with E-state index in [2.05, 4.69) is 59.4 Å². The number of benzene rings is 2. The first-order valence-corrected chi connectivity index (χ1v) is 8.76. The molecule has 0 aliphatic carbocycles. The van der Waals surface area contributed by atoms with Crippen LogP contribution >= 0.6 is 28.3 Å². The predicted molar refractivity (Wildman–Crippen MR) is 105 cm³/mol. The molecule has 2 N–H and O–H groups in total. The van der Waals surface area contributed by atoms with Crippen LogP contribution in [-0.2, 0) is 6.42 Å². The minimum atomic E-state index is -0.545. The Morgan fingerprint density at radius 1 is 1.08 bits per heavy atom. The predicted octanol–water partition coefficient (Wildman–Crippen LogP) is 4.52. The lowest BCUT2D eigenvalue weighted by Crippen LogP contribution is -2.33. The average Bonchev–Trinajstić information content (AvgIpc) is 2.59. The molecule has 0 spiro atoms. The molecule has 0 radical (unpaired) electrons. The van der Waals surface area contributed by atoms with Crippen molar-refractivity contribution in [3.05, 3.63) is 64.1 Å². The Bertz CT molecular complexity index is 589. The van der Waals surface area contributed by atoms with Crippen molar-refractivity contribution in [1.82, 2.24) is 5.32 Å². The number of ether oxygens (including phenoxy) is 1. The first kappa shape index (κ1) is 21.0. The third-order valence-electron chi connectivity index (χ3n) is 3.80. The highest BCUT2D eigenvalue weighted by atomic mass is 79.9. The van der Waals surface area contributed by atoms with E-state index in [1.807, 2.05) is 24.3 Å². The molecule has 2 aromatic rings. The molecule has 0 aromatic heterocycles. The highest BCUT2D eigenvalue weighted by Gasteiger charge is 2.09.